The molecule has 4 nitrogen and oxygen atoms in total. The highest BCUT2D eigenvalue weighted by Gasteiger charge is 2.29. The number of benzene rings is 1. The van der Waals surface area contributed by atoms with Gasteiger partial charge < -0.3 is 5.32 Å². The predicted octanol–water partition coefficient (Wildman–Crippen LogP) is 3.95. The number of carbonyl (C=O) groups excluding carboxylic acids is 1. The van der Waals surface area contributed by atoms with E-state index in [1.807, 2.05) is 47.6 Å². The molecule has 1 aromatic heterocycles. The van der Waals surface area contributed by atoms with Crippen molar-refractivity contribution in [2.24, 2.45) is 0 Å². The van der Waals surface area contributed by atoms with Crippen molar-refractivity contribution in [3.8, 4) is 0 Å². The second-order valence-electron chi connectivity index (χ2n) is 6.62. The van der Waals surface area contributed by atoms with E-state index in [4.69, 9.17) is 5.10 Å². The number of amides is 1. The first-order valence-corrected chi connectivity index (χ1v) is 8.59. The fourth-order valence-corrected chi connectivity index (χ4v) is 3.66. The van der Waals surface area contributed by atoms with E-state index in [1.54, 1.807) is 0 Å². The molecular formula is C17H21N3OS. The van der Waals surface area contributed by atoms with Gasteiger partial charge in [0, 0.05) is 22.6 Å². The third-order valence-electron chi connectivity index (χ3n) is 3.81. The van der Waals surface area contributed by atoms with Gasteiger partial charge in [-0.15, -0.1) is 0 Å². The molecule has 0 bridgehead atoms. The molecule has 2 aromatic rings. The van der Waals surface area contributed by atoms with Gasteiger partial charge in [0.2, 0.25) is 0 Å². The van der Waals surface area contributed by atoms with E-state index in [0.717, 1.165) is 28.6 Å². The summed E-state index contributed by atoms with van der Waals surface area (Å²) >= 11 is 1.84. The molecule has 1 aliphatic heterocycles. The van der Waals surface area contributed by atoms with E-state index in [0.29, 0.717) is 5.56 Å². The Morgan fingerprint density at radius 1 is 1.27 bits per heavy atom. The number of nitrogens with zero attached hydrogens (tertiary/aromatic N) is 2. The Morgan fingerprint density at radius 3 is 2.68 bits per heavy atom. The van der Waals surface area contributed by atoms with Crippen LogP contribution in [0.1, 0.15) is 48.0 Å². The normalized spacial score (nSPS) is 14.0. The van der Waals surface area contributed by atoms with Crippen molar-refractivity contribution in [1.29, 1.82) is 0 Å². The summed E-state index contributed by atoms with van der Waals surface area (Å²) < 4.78 is 1.95. The Morgan fingerprint density at radius 2 is 2.00 bits per heavy atom. The zero-order valence-corrected chi connectivity index (χ0v) is 14.3. The fourth-order valence-electron chi connectivity index (χ4n) is 2.63. The molecule has 1 aromatic carbocycles. The van der Waals surface area contributed by atoms with Crippen molar-refractivity contribution in [1.82, 2.24) is 9.78 Å². The fraction of sp³-hybridized carbons (Fsp3) is 0.412. The Hall–Kier alpha value is -1.75. The zero-order chi connectivity index (χ0) is 15.9. The van der Waals surface area contributed by atoms with Gasteiger partial charge in [-0.2, -0.15) is 16.9 Å². The molecule has 1 aliphatic rings. The van der Waals surface area contributed by atoms with Crippen molar-refractivity contribution in [3.05, 3.63) is 46.6 Å². The van der Waals surface area contributed by atoms with Crippen LogP contribution in [0.15, 0.2) is 24.3 Å². The van der Waals surface area contributed by atoms with Crippen LogP contribution in [-0.4, -0.2) is 15.7 Å². The number of aromatic nitrogens is 2. The van der Waals surface area contributed by atoms with Crippen molar-refractivity contribution in [2.75, 3.05) is 5.32 Å². The highest BCUT2D eigenvalue weighted by molar-refractivity contribution is 7.98. The Bertz CT molecular complexity index is 728. The van der Waals surface area contributed by atoms with Crippen LogP contribution in [0, 0.1) is 6.92 Å². The van der Waals surface area contributed by atoms with E-state index in [2.05, 4.69) is 26.1 Å². The molecule has 0 fully saturated rings. The number of fused-ring (bicyclic) bond motifs is 1. The number of anilines is 1. The lowest BCUT2D eigenvalue weighted by atomic mass is 10.1. The van der Waals surface area contributed by atoms with Crippen LogP contribution in [0.4, 0.5) is 5.82 Å². The van der Waals surface area contributed by atoms with Gasteiger partial charge in [-0.05, 0) is 39.3 Å². The van der Waals surface area contributed by atoms with Gasteiger partial charge in [-0.1, -0.05) is 18.2 Å². The quantitative estimate of drug-likeness (QED) is 0.913. The van der Waals surface area contributed by atoms with Gasteiger partial charge in [0.25, 0.3) is 5.91 Å². The minimum Gasteiger partial charge on any atom is -0.306 e. The summed E-state index contributed by atoms with van der Waals surface area (Å²) in [7, 11) is 0. The molecule has 1 amide bonds. The highest BCUT2D eigenvalue weighted by atomic mass is 32.2. The average Bonchev–Trinajstić information content (AvgIpc) is 3.01. The molecule has 2 heterocycles. The zero-order valence-electron chi connectivity index (χ0n) is 13.4. The molecule has 0 unspecified atom stereocenters. The number of thioether (sulfide) groups is 1. The lowest BCUT2D eigenvalue weighted by Crippen LogP contribution is -2.27. The molecule has 5 heteroatoms. The Labute approximate surface area is 135 Å². The van der Waals surface area contributed by atoms with Crippen LogP contribution in [0.25, 0.3) is 0 Å². The molecule has 1 N–H and O–H groups in total. The van der Waals surface area contributed by atoms with E-state index in [1.165, 1.54) is 5.56 Å². The monoisotopic (exact) mass is 315 g/mol. The number of carbonyl (C=O) groups is 1. The molecule has 0 saturated carbocycles. The summed E-state index contributed by atoms with van der Waals surface area (Å²) in [6, 6.07) is 7.65. The van der Waals surface area contributed by atoms with Gasteiger partial charge in [-0.3, -0.25) is 4.79 Å². The van der Waals surface area contributed by atoms with Crippen LogP contribution in [0.3, 0.4) is 0 Å². The van der Waals surface area contributed by atoms with Crippen molar-refractivity contribution in [2.45, 2.75) is 44.7 Å². The molecular weight excluding hydrogens is 294 g/mol. The maximum atomic E-state index is 12.7. The van der Waals surface area contributed by atoms with Crippen LogP contribution in [0.2, 0.25) is 0 Å². The van der Waals surface area contributed by atoms with Gasteiger partial charge in [-0.25, -0.2) is 4.68 Å². The minimum atomic E-state index is -0.163. The summed E-state index contributed by atoms with van der Waals surface area (Å²) in [5.74, 6) is 2.62. The molecule has 0 saturated heterocycles. The van der Waals surface area contributed by atoms with E-state index < -0.39 is 0 Å². The first-order chi connectivity index (χ1) is 10.4. The lowest BCUT2D eigenvalue weighted by Gasteiger charge is -2.23. The smallest absolute Gasteiger partial charge is 0.257 e. The molecule has 0 radical (unpaired) electrons. The van der Waals surface area contributed by atoms with Gasteiger partial charge >= 0.3 is 0 Å². The topological polar surface area (TPSA) is 46.9 Å². The summed E-state index contributed by atoms with van der Waals surface area (Å²) in [6.45, 7) is 8.26. The number of hydrogen-bond donors (Lipinski definition) is 1. The van der Waals surface area contributed by atoms with E-state index >= 15 is 0 Å². The van der Waals surface area contributed by atoms with E-state index in [-0.39, 0.29) is 11.4 Å². The minimum absolute atomic E-state index is 0.0665. The van der Waals surface area contributed by atoms with Crippen LogP contribution >= 0.6 is 11.8 Å². The molecule has 0 atom stereocenters. The molecule has 116 valence electrons. The third-order valence-corrected chi connectivity index (χ3v) is 4.78. The first kappa shape index (κ1) is 15.2. The van der Waals surface area contributed by atoms with Crippen molar-refractivity contribution in [3.63, 3.8) is 0 Å². The summed E-state index contributed by atoms with van der Waals surface area (Å²) in [4.78, 5) is 12.7. The number of rotatable bonds is 2. The molecule has 3 rings (SSSR count). The number of hydrogen-bond acceptors (Lipinski definition) is 3. The number of nitrogens with one attached hydrogen (secondary N) is 1. The molecule has 22 heavy (non-hydrogen) atoms. The second kappa shape index (κ2) is 5.47. The van der Waals surface area contributed by atoms with Gasteiger partial charge in [0.1, 0.15) is 5.82 Å². The summed E-state index contributed by atoms with van der Waals surface area (Å²) in [5.41, 5.74) is 3.79. The molecule has 0 aliphatic carbocycles. The van der Waals surface area contributed by atoms with E-state index in [9.17, 15) is 4.79 Å². The van der Waals surface area contributed by atoms with Crippen molar-refractivity contribution < 1.29 is 4.79 Å². The highest BCUT2D eigenvalue weighted by Crippen LogP contribution is 2.37. The van der Waals surface area contributed by atoms with Crippen LogP contribution in [0.5, 0.6) is 0 Å². The lowest BCUT2D eigenvalue weighted by molar-refractivity contribution is 0.102. The summed E-state index contributed by atoms with van der Waals surface area (Å²) in [6.07, 6.45) is 0. The van der Waals surface area contributed by atoms with Crippen LogP contribution in [-0.2, 0) is 17.0 Å². The van der Waals surface area contributed by atoms with Crippen LogP contribution < -0.4 is 5.32 Å². The molecule has 0 spiro atoms. The predicted molar refractivity (Wildman–Crippen MR) is 91.4 cm³/mol. The SMILES string of the molecule is Cc1ccccc1C(=O)Nc1c2c(nn1C(C)(C)C)CSC2. The summed E-state index contributed by atoms with van der Waals surface area (Å²) in [5, 5.41) is 7.82. The van der Waals surface area contributed by atoms with Gasteiger partial charge in [0.05, 0.1) is 11.2 Å². The van der Waals surface area contributed by atoms with Crippen molar-refractivity contribution >= 4 is 23.5 Å². The largest absolute Gasteiger partial charge is 0.306 e. The first-order valence-electron chi connectivity index (χ1n) is 7.44. The number of aryl methyl sites for hydroxylation is 1. The second-order valence-corrected chi connectivity index (χ2v) is 7.60. The maximum absolute atomic E-state index is 12.7. The van der Waals surface area contributed by atoms with Gasteiger partial charge in [0.15, 0.2) is 0 Å². The Kier molecular flexibility index (Phi) is 3.77. The standard InChI is InChI=1S/C17H21N3OS/c1-11-7-5-6-8-12(11)16(21)18-15-13-9-22-10-14(13)19-20(15)17(2,3)4/h5-8H,9-10H2,1-4H3,(H,18,21). The Balaban J connectivity index is 1.99. The average molecular weight is 315 g/mol. The third kappa shape index (κ3) is 2.65. The maximum Gasteiger partial charge on any atom is 0.257 e.